The van der Waals surface area contributed by atoms with Gasteiger partial charge in [0.15, 0.2) is 0 Å². The summed E-state index contributed by atoms with van der Waals surface area (Å²) in [6.07, 6.45) is 3.03. The Labute approximate surface area is 179 Å². The van der Waals surface area contributed by atoms with E-state index in [0.717, 1.165) is 11.1 Å². The van der Waals surface area contributed by atoms with E-state index in [1.807, 2.05) is 42.5 Å². The van der Waals surface area contributed by atoms with Gasteiger partial charge < -0.3 is 13.9 Å². The summed E-state index contributed by atoms with van der Waals surface area (Å²) in [6, 6.07) is 21.4. The van der Waals surface area contributed by atoms with E-state index >= 15 is 0 Å². The van der Waals surface area contributed by atoms with E-state index in [4.69, 9.17) is 13.9 Å². The number of rotatable bonds is 5. The van der Waals surface area contributed by atoms with Crippen molar-refractivity contribution < 1.29 is 18.7 Å². The maximum Gasteiger partial charge on any atom is 0.336 e. The van der Waals surface area contributed by atoms with Gasteiger partial charge in [-0.2, -0.15) is 0 Å². The zero-order valence-electron chi connectivity index (χ0n) is 17.1. The van der Waals surface area contributed by atoms with Gasteiger partial charge in [0.1, 0.15) is 22.8 Å². The summed E-state index contributed by atoms with van der Waals surface area (Å²) < 4.78 is 16.4. The summed E-state index contributed by atoms with van der Waals surface area (Å²) in [4.78, 5) is 25.2. The van der Waals surface area contributed by atoms with Gasteiger partial charge in [-0.1, -0.05) is 42.5 Å². The molecule has 0 amide bonds. The van der Waals surface area contributed by atoms with Crippen molar-refractivity contribution in [2.24, 2.45) is 0 Å². The lowest BCUT2D eigenvalue weighted by Gasteiger charge is -2.09. The lowest BCUT2D eigenvalue weighted by molar-refractivity contribution is -0.128. The topological polar surface area (TPSA) is 65.7 Å². The average molecular weight is 412 g/mol. The Morgan fingerprint density at radius 3 is 2.35 bits per heavy atom. The molecule has 0 aliphatic rings. The fourth-order valence-corrected chi connectivity index (χ4v) is 3.32. The minimum Gasteiger partial charge on any atom is -0.497 e. The van der Waals surface area contributed by atoms with Crippen molar-refractivity contribution >= 4 is 23.0 Å². The minimum absolute atomic E-state index is 0.147. The molecule has 0 aliphatic carbocycles. The van der Waals surface area contributed by atoms with Crippen LogP contribution in [0.15, 0.2) is 88.1 Å². The number of hydrogen-bond donors (Lipinski definition) is 0. The Morgan fingerprint density at radius 1 is 0.935 bits per heavy atom. The highest BCUT2D eigenvalue weighted by Crippen LogP contribution is 2.27. The summed E-state index contributed by atoms with van der Waals surface area (Å²) in [5, 5.41) is 0.413. The number of fused-ring (bicyclic) bond motifs is 1. The van der Waals surface area contributed by atoms with Gasteiger partial charge in [-0.25, -0.2) is 4.79 Å². The fraction of sp³-hybridized carbons (Fsp3) is 0.0769. The number of esters is 1. The summed E-state index contributed by atoms with van der Waals surface area (Å²) in [6.45, 7) is 1.74. The number of carbonyl (C=O) groups excluding carboxylic acids is 1. The first kappa shape index (κ1) is 20.2. The molecule has 0 saturated heterocycles. The van der Waals surface area contributed by atoms with Crippen molar-refractivity contribution in [3.05, 3.63) is 100 Å². The minimum atomic E-state index is -0.517. The normalized spacial score (nSPS) is 11.0. The molecule has 0 atom stereocenters. The van der Waals surface area contributed by atoms with Crippen molar-refractivity contribution in [1.82, 2.24) is 0 Å². The second-order valence-electron chi connectivity index (χ2n) is 6.91. The van der Waals surface area contributed by atoms with E-state index in [1.165, 1.54) is 6.08 Å². The Hall–Kier alpha value is -4.12. The highest BCUT2D eigenvalue weighted by Gasteiger charge is 2.15. The van der Waals surface area contributed by atoms with Gasteiger partial charge >= 0.3 is 5.97 Å². The predicted octanol–water partition coefficient (Wildman–Crippen LogP) is 5.40. The van der Waals surface area contributed by atoms with Crippen molar-refractivity contribution in [2.45, 2.75) is 6.92 Å². The van der Waals surface area contributed by atoms with Gasteiger partial charge in [0.05, 0.1) is 18.1 Å². The quantitative estimate of drug-likeness (QED) is 0.250. The lowest BCUT2D eigenvalue weighted by Crippen LogP contribution is -2.08. The van der Waals surface area contributed by atoms with Crippen molar-refractivity contribution in [3.8, 4) is 22.6 Å². The van der Waals surface area contributed by atoms with E-state index in [1.54, 1.807) is 50.4 Å². The van der Waals surface area contributed by atoms with Crippen molar-refractivity contribution in [3.63, 3.8) is 0 Å². The number of hydrogen-bond acceptors (Lipinski definition) is 5. The Balaban J connectivity index is 1.62. The van der Waals surface area contributed by atoms with E-state index in [9.17, 15) is 9.59 Å². The predicted molar refractivity (Wildman–Crippen MR) is 120 cm³/mol. The Kier molecular flexibility index (Phi) is 5.67. The SMILES string of the molecule is COc1ccc(-c2c(C)oc3cc(OC(=O)/C=C/c4ccccc4)ccc3c2=O)cc1. The number of carbonyl (C=O) groups is 1. The molecule has 0 unspecified atom stereocenters. The molecule has 31 heavy (non-hydrogen) atoms. The van der Waals surface area contributed by atoms with Crippen LogP contribution >= 0.6 is 0 Å². The summed E-state index contributed by atoms with van der Waals surface area (Å²) in [5.41, 5.74) is 2.34. The molecule has 0 N–H and O–H groups in total. The first-order chi connectivity index (χ1) is 15.0. The molecular formula is C26H20O5. The number of aryl methyl sites for hydroxylation is 1. The molecule has 0 bridgehead atoms. The zero-order chi connectivity index (χ0) is 21.8. The maximum absolute atomic E-state index is 13.1. The van der Waals surface area contributed by atoms with Gasteiger partial charge in [0.25, 0.3) is 0 Å². The molecule has 3 aromatic carbocycles. The Bertz CT molecular complexity index is 1320. The maximum atomic E-state index is 13.1. The van der Waals surface area contributed by atoms with Crippen LogP contribution in [0, 0.1) is 6.92 Å². The molecule has 0 aliphatic heterocycles. The molecule has 4 aromatic rings. The second kappa shape index (κ2) is 8.71. The monoisotopic (exact) mass is 412 g/mol. The molecule has 5 heteroatoms. The second-order valence-corrected chi connectivity index (χ2v) is 6.91. The summed E-state index contributed by atoms with van der Waals surface area (Å²) in [7, 11) is 1.59. The van der Waals surface area contributed by atoms with Gasteiger partial charge in [0, 0.05) is 12.1 Å². The molecule has 4 rings (SSSR count). The van der Waals surface area contributed by atoms with Crippen molar-refractivity contribution in [2.75, 3.05) is 7.11 Å². The van der Waals surface area contributed by atoms with Gasteiger partial charge in [-0.05, 0) is 48.4 Å². The molecule has 0 spiro atoms. The van der Waals surface area contributed by atoms with Crippen LogP contribution in [0.5, 0.6) is 11.5 Å². The molecule has 0 radical (unpaired) electrons. The molecule has 154 valence electrons. The number of ether oxygens (including phenoxy) is 2. The third-order valence-electron chi connectivity index (χ3n) is 4.85. The standard InChI is InChI=1S/C26H20O5/c1-17-25(19-9-11-20(29-2)12-10-19)26(28)22-14-13-21(16-23(22)30-17)31-24(27)15-8-18-6-4-3-5-7-18/h3-16H,1-2H3/b15-8+. The highest BCUT2D eigenvalue weighted by atomic mass is 16.5. The van der Waals surface area contributed by atoms with Crippen LogP contribution in [0.1, 0.15) is 11.3 Å². The molecular weight excluding hydrogens is 392 g/mol. The van der Waals surface area contributed by atoms with Gasteiger partial charge in [0.2, 0.25) is 5.43 Å². The number of benzene rings is 3. The first-order valence-electron chi connectivity index (χ1n) is 9.72. The van der Waals surface area contributed by atoms with Crippen LogP contribution in [0.3, 0.4) is 0 Å². The molecule has 5 nitrogen and oxygen atoms in total. The van der Waals surface area contributed by atoms with Crippen LogP contribution < -0.4 is 14.9 Å². The van der Waals surface area contributed by atoms with Crippen LogP contribution in [-0.2, 0) is 4.79 Å². The summed E-state index contributed by atoms with van der Waals surface area (Å²) in [5.74, 6) is 0.974. The molecule has 0 fully saturated rings. The van der Waals surface area contributed by atoms with Crippen LogP contribution in [-0.4, -0.2) is 13.1 Å². The van der Waals surface area contributed by atoms with E-state index in [2.05, 4.69) is 0 Å². The van der Waals surface area contributed by atoms with Crippen LogP contribution in [0.25, 0.3) is 28.2 Å². The fourth-order valence-electron chi connectivity index (χ4n) is 3.32. The van der Waals surface area contributed by atoms with E-state index < -0.39 is 5.97 Å². The third-order valence-corrected chi connectivity index (χ3v) is 4.85. The van der Waals surface area contributed by atoms with Crippen LogP contribution in [0.4, 0.5) is 0 Å². The lowest BCUT2D eigenvalue weighted by atomic mass is 10.0. The molecule has 1 aromatic heterocycles. The summed E-state index contributed by atoms with van der Waals surface area (Å²) >= 11 is 0. The van der Waals surface area contributed by atoms with Crippen LogP contribution in [0.2, 0.25) is 0 Å². The molecule has 0 saturated carbocycles. The Morgan fingerprint density at radius 2 is 1.65 bits per heavy atom. The van der Waals surface area contributed by atoms with Crippen molar-refractivity contribution in [1.29, 1.82) is 0 Å². The molecule has 1 heterocycles. The highest BCUT2D eigenvalue weighted by molar-refractivity contribution is 5.90. The third kappa shape index (κ3) is 4.41. The van der Waals surface area contributed by atoms with E-state index in [-0.39, 0.29) is 5.43 Å². The van der Waals surface area contributed by atoms with Gasteiger partial charge in [-0.15, -0.1) is 0 Å². The smallest absolute Gasteiger partial charge is 0.336 e. The first-order valence-corrected chi connectivity index (χ1v) is 9.72. The van der Waals surface area contributed by atoms with E-state index in [0.29, 0.717) is 33.8 Å². The van der Waals surface area contributed by atoms with Gasteiger partial charge in [-0.3, -0.25) is 4.79 Å². The number of methoxy groups -OCH3 is 1. The largest absolute Gasteiger partial charge is 0.497 e. The average Bonchev–Trinajstić information content (AvgIpc) is 2.78. The zero-order valence-corrected chi connectivity index (χ0v) is 17.1.